The van der Waals surface area contributed by atoms with Gasteiger partial charge in [-0.05, 0) is 59.1 Å². The molecule has 35 heavy (non-hydrogen) atoms. The van der Waals surface area contributed by atoms with Crippen LogP contribution >= 0.6 is 11.6 Å². The highest BCUT2D eigenvalue weighted by Gasteiger charge is 2.56. The van der Waals surface area contributed by atoms with Gasteiger partial charge in [-0.3, -0.25) is 9.47 Å². The van der Waals surface area contributed by atoms with Crippen LogP contribution in [0.1, 0.15) is 66.5 Å². The number of nitrogens with zero attached hydrogens (tertiary/aromatic N) is 5. The molecule has 1 amide bonds. The number of aliphatic hydroxyl groups is 1. The second-order valence-corrected chi connectivity index (χ2v) is 11.1. The molecule has 12 heteroatoms. The monoisotopic (exact) mass is 509 g/mol. The molecule has 1 aliphatic carbocycles. The third-order valence-electron chi connectivity index (χ3n) is 6.46. The van der Waals surface area contributed by atoms with Gasteiger partial charge >= 0.3 is 6.09 Å². The van der Waals surface area contributed by atoms with Gasteiger partial charge < -0.3 is 24.1 Å². The molecule has 4 atom stereocenters. The molecule has 0 spiro atoms. The average Bonchev–Trinajstić information content (AvgIpc) is 3.50. The first kappa shape index (κ1) is 24.6. The maximum Gasteiger partial charge on any atom is 0.416 e. The molecular formula is C23H32ClN5O6. The molecule has 192 valence electrons. The molecule has 0 radical (unpaired) electrons. The number of fused-ring (bicyclic) bond motifs is 2. The summed E-state index contributed by atoms with van der Waals surface area (Å²) in [5.74, 6) is -0.522. The summed E-state index contributed by atoms with van der Waals surface area (Å²) in [6.45, 7) is 8.89. The largest absolute Gasteiger partial charge is 0.443 e. The lowest BCUT2D eigenvalue weighted by atomic mass is 10.1. The summed E-state index contributed by atoms with van der Waals surface area (Å²) >= 11 is 6.38. The summed E-state index contributed by atoms with van der Waals surface area (Å²) in [5, 5.41) is 9.83. The zero-order valence-electron chi connectivity index (χ0n) is 20.6. The molecule has 5 rings (SSSR count). The van der Waals surface area contributed by atoms with E-state index in [9.17, 15) is 9.90 Å². The van der Waals surface area contributed by atoms with Crippen LogP contribution in [0.2, 0.25) is 5.28 Å². The number of anilines is 1. The van der Waals surface area contributed by atoms with E-state index in [0.717, 1.165) is 25.7 Å². The number of amides is 1. The lowest BCUT2D eigenvalue weighted by Gasteiger charge is -2.31. The van der Waals surface area contributed by atoms with Crippen LogP contribution in [0, 0.1) is 0 Å². The first-order chi connectivity index (χ1) is 16.5. The smallest absolute Gasteiger partial charge is 0.416 e. The third kappa shape index (κ3) is 4.60. The Balaban J connectivity index is 1.57. The van der Waals surface area contributed by atoms with Gasteiger partial charge in [0.2, 0.25) is 5.28 Å². The van der Waals surface area contributed by atoms with Gasteiger partial charge in [0.15, 0.2) is 29.0 Å². The van der Waals surface area contributed by atoms with Crippen molar-refractivity contribution in [3.8, 4) is 0 Å². The van der Waals surface area contributed by atoms with Crippen LogP contribution in [0.15, 0.2) is 6.33 Å². The van der Waals surface area contributed by atoms with Gasteiger partial charge in [-0.15, -0.1) is 0 Å². The normalized spacial score (nSPS) is 28.5. The second-order valence-electron chi connectivity index (χ2n) is 10.7. The summed E-state index contributed by atoms with van der Waals surface area (Å²) in [5.41, 5.74) is 0.113. The molecule has 3 fully saturated rings. The minimum atomic E-state index is -0.824. The van der Waals surface area contributed by atoms with Gasteiger partial charge in [0, 0.05) is 6.04 Å². The third-order valence-corrected chi connectivity index (χ3v) is 6.63. The molecule has 2 aromatic rings. The molecule has 0 unspecified atom stereocenters. The van der Waals surface area contributed by atoms with Crippen molar-refractivity contribution in [2.24, 2.45) is 0 Å². The van der Waals surface area contributed by atoms with E-state index < -0.39 is 42.0 Å². The molecular weight excluding hydrogens is 478 g/mol. The number of carbonyl (C=O) groups is 1. The Morgan fingerprint density at radius 1 is 1.26 bits per heavy atom. The Labute approximate surface area is 208 Å². The van der Waals surface area contributed by atoms with Crippen molar-refractivity contribution in [1.29, 1.82) is 0 Å². The van der Waals surface area contributed by atoms with Crippen molar-refractivity contribution >= 4 is 34.7 Å². The van der Waals surface area contributed by atoms with Crippen molar-refractivity contribution < 1.29 is 28.8 Å². The minimum Gasteiger partial charge on any atom is -0.443 e. The predicted octanol–water partition coefficient (Wildman–Crippen LogP) is 3.57. The van der Waals surface area contributed by atoms with Gasteiger partial charge in [0.25, 0.3) is 0 Å². The van der Waals surface area contributed by atoms with Crippen LogP contribution in [-0.4, -0.2) is 73.1 Å². The van der Waals surface area contributed by atoms with Crippen LogP contribution in [0.4, 0.5) is 10.6 Å². The summed E-state index contributed by atoms with van der Waals surface area (Å²) < 4.78 is 25.6. The van der Waals surface area contributed by atoms with Crippen LogP contribution in [0.25, 0.3) is 11.2 Å². The molecule has 3 aliphatic rings. The van der Waals surface area contributed by atoms with Crippen molar-refractivity contribution in [3.63, 3.8) is 0 Å². The van der Waals surface area contributed by atoms with Crippen molar-refractivity contribution in [2.75, 3.05) is 11.5 Å². The number of aliphatic hydroxyl groups excluding tert-OH is 1. The molecule has 2 aromatic heterocycles. The lowest BCUT2D eigenvalue weighted by Crippen LogP contribution is -2.43. The van der Waals surface area contributed by atoms with E-state index in [1.165, 1.54) is 0 Å². The van der Waals surface area contributed by atoms with Crippen LogP contribution < -0.4 is 4.90 Å². The average molecular weight is 510 g/mol. The minimum absolute atomic E-state index is 0.0296. The van der Waals surface area contributed by atoms with E-state index in [1.54, 1.807) is 15.8 Å². The number of carbonyl (C=O) groups excluding carboxylic acids is 1. The van der Waals surface area contributed by atoms with Gasteiger partial charge in [0.1, 0.15) is 23.9 Å². The first-order valence-corrected chi connectivity index (χ1v) is 12.4. The highest BCUT2D eigenvalue weighted by atomic mass is 35.5. The summed E-state index contributed by atoms with van der Waals surface area (Å²) in [6, 6.07) is -0.0811. The highest BCUT2D eigenvalue weighted by molar-refractivity contribution is 6.28. The quantitative estimate of drug-likeness (QED) is 0.616. The molecule has 1 saturated carbocycles. The van der Waals surface area contributed by atoms with Crippen LogP contribution in [-0.2, 0) is 18.9 Å². The summed E-state index contributed by atoms with van der Waals surface area (Å²) in [6.07, 6.45) is 2.57. The molecule has 11 nitrogen and oxygen atoms in total. The number of imidazole rings is 1. The number of aromatic nitrogens is 4. The van der Waals surface area contributed by atoms with Crippen molar-refractivity contribution in [2.45, 2.75) is 102 Å². The van der Waals surface area contributed by atoms with E-state index in [2.05, 4.69) is 15.0 Å². The Morgan fingerprint density at radius 2 is 1.94 bits per heavy atom. The van der Waals surface area contributed by atoms with Crippen LogP contribution in [0.3, 0.4) is 0 Å². The number of rotatable bonds is 4. The summed E-state index contributed by atoms with van der Waals surface area (Å²) in [4.78, 5) is 28.3. The maximum absolute atomic E-state index is 13.3. The lowest BCUT2D eigenvalue weighted by molar-refractivity contribution is -0.199. The Kier molecular flexibility index (Phi) is 6.20. The molecule has 2 saturated heterocycles. The van der Waals surface area contributed by atoms with E-state index in [0.29, 0.717) is 17.0 Å². The SMILES string of the molecule is CC(C)(C)OC(=O)N(c1nc(Cl)nc2c1ncn2[C@@H]1O[C@H](CO)[C@H]2OC(C)(C)O[C@H]21)C1CCCC1. The summed E-state index contributed by atoms with van der Waals surface area (Å²) in [7, 11) is 0. The fourth-order valence-corrected chi connectivity index (χ4v) is 5.30. The maximum atomic E-state index is 13.3. The second kappa shape index (κ2) is 8.81. The Bertz CT molecular complexity index is 1110. The van der Waals surface area contributed by atoms with Gasteiger partial charge in [-0.25, -0.2) is 9.78 Å². The van der Waals surface area contributed by atoms with Gasteiger partial charge in [0.05, 0.1) is 12.9 Å². The van der Waals surface area contributed by atoms with Crippen LogP contribution in [0.5, 0.6) is 0 Å². The molecule has 1 N–H and O–H groups in total. The first-order valence-electron chi connectivity index (χ1n) is 12.0. The molecule has 0 bridgehead atoms. The van der Waals surface area contributed by atoms with Crippen molar-refractivity contribution in [3.05, 3.63) is 11.6 Å². The molecule has 2 aliphatic heterocycles. The van der Waals surface area contributed by atoms with E-state index in [1.807, 2.05) is 34.6 Å². The molecule has 4 heterocycles. The predicted molar refractivity (Wildman–Crippen MR) is 126 cm³/mol. The standard InChI is InChI=1S/C23H32ClN5O6/c1-22(2,3)35-21(31)29(12-8-6-7-9-12)18-14-17(26-20(24)27-18)28(11-25-14)19-16-15(13(10-30)32-19)33-23(4,5)34-16/h11-13,15-16,19,30H,6-10H2,1-5H3/t13-,15-,16-,19-/m1/s1. The van der Waals surface area contributed by atoms with Crippen molar-refractivity contribution in [1.82, 2.24) is 19.5 Å². The zero-order chi connectivity index (χ0) is 25.1. The van der Waals surface area contributed by atoms with Gasteiger partial charge in [-0.1, -0.05) is 12.8 Å². The Morgan fingerprint density at radius 3 is 2.60 bits per heavy atom. The Hall–Kier alpha value is -2.05. The number of ether oxygens (including phenoxy) is 4. The fraction of sp³-hybridized carbons (Fsp3) is 0.739. The fourth-order valence-electron chi connectivity index (χ4n) is 5.14. The highest BCUT2D eigenvalue weighted by Crippen LogP contribution is 2.44. The van der Waals surface area contributed by atoms with E-state index >= 15 is 0 Å². The number of hydrogen-bond acceptors (Lipinski definition) is 9. The van der Waals surface area contributed by atoms with Gasteiger partial charge in [-0.2, -0.15) is 9.97 Å². The number of hydrogen-bond donors (Lipinski definition) is 1. The topological polar surface area (TPSA) is 121 Å². The number of halogens is 1. The molecule has 0 aromatic carbocycles. The van der Waals surface area contributed by atoms with E-state index in [-0.39, 0.29) is 17.9 Å². The zero-order valence-corrected chi connectivity index (χ0v) is 21.4. The van der Waals surface area contributed by atoms with E-state index in [4.69, 9.17) is 30.5 Å².